The lowest BCUT2D eigenvalue weighted by molar-refractivity contribution is -0.122. The van der Waals surface area contributed by atoms with Crippen molar-refractivity contribution in [3.8, 4) is 0 Å². The summed E-state index contributed by atoms with van der Waals surface area (Å²) < 4.78 is 0. The van der Waals surface area contributed by atoms with E-state index in [9.17, 15) is 4.79 Å². The SMILES string of the molecule is CC(CC(=O)NN)N1CCCC1. The summed E-state index contributed by atoms with van der Waals surface area (Å²) in [5, 5.41) is 0. The van der Waals surface area contributed by atoms with E-state index in [1.807, 2.05) is 0 Å². The van der Waals surface area contributed by atoms with Crippen molar-refractivity contribution in [2.75, 3.05) is 13.1 Å². The maximum Gasteiger partial charge on any atom is 0.235 e. The van der Waals surface area contributed by atoms with E-state index in [2.05, 4.69) is 17.2 Å². The van der Waals surface area contributed by atoms with Gasteiger partial charge in [0.2, 0.25) is 5.91 Å². The van der Waals surface area contributed by atoms with Crippen LogP contribution < -0.4 is 11.3 Å². The summed E-state index contributed by atoms with van der Waals surface area (Å²) in [5.74, 6) is 4.93. The third-order valence-electron chi connectivity index (χ3n) is 2.41. The summed E-state index contributed by atoms with van der Waals surface area (Å²) in [4.78, 5) is 13.2. The molecule has 1 heterocycles. The molecule has 0 saturated carbocycles. The van der Waals surface area contributed by atoms with Gasteiger partial charge in [0, 0.05) is 12.5 Å². The van der Waals surface area contributed by atoms with Gasteiger partial charge in [-0.05, 0) is 32.9 Å². The zero-order valence-electron chi connectivity index (χ0n) is 7.55. The fourth-order valence-electron chi connectivity index (χ4n) is 1.64. The van der Waals surface area contributed by atoms with Crippen molar-refractivity contribution in [2.45, 2.75) is 32.2 Å². The van der Waals surface area contributed by atoms with Gasteiger partial charge in [-0.15, -0.1) is 0 Å². The van der Waals surface area contributed by atoms with Crippen LogP contribution in [0.15, 0.2) is 0 Å². The first-order chi connectivity index (χ1) is 5.74. The minimum Gasteiger partial charge on any atom is -0.300 e. The maximum absolute atomic E-state index is 10.9. The highest BCUT2D eigenvalue weighted by atomic mass is 16.2. The molecule has 3 N–H and O–H groups in total. The minimum atomic E-state index is -0.0746. The van der Waals surface area contributed by atoms with E-state index in [0.717, 1.165) is 13.1 Å². The van der Waals surface area contributed by atoms with Gasteiger partial charge in [-0.1, -0.05) is 0 Å². The van der Waals surface area contributed by atoms with Gasteiger partial charge in [0.25, 0.3) is 0 Å². The summed E-state index contributed by atoms with van der Waals surface area (Å²) in [6.45, 7) is 4.32. The molecule has 0 radical (unpaired) electrons. The van der Waals surface area contributed by atoms with Crippen LogP contribution in [-0.2, 0) is 4.79 Å². The topological polar surface area (TPSA) is 58.4 Å². The van der Waals surface area contributed by atoms with Crippen LogP contribution in [0.1, 0.15) is 26.2 Å². The fourth-order valence-corrected chi connectivity index (χ4v) is 1.64. The highest BCUT2D eigenvalue weighted by Crippen LogP contribution is 2.13. The summed E-state index contributed by atoms with van der Waals surface area (Å²) in [5.41, 5.74) is 2.15. The van der Waals surface area contributed by atoms with E-state index in [4.69, 9.17) is 5.84 Å². The molecule has 12 heavy (non-hydrogen) atoms. The molecule has 70 valence electrons. The number of carbonyl (C=O) groups is 1. The summed E-state index contributed by atoms with van der Waals surface area (Å²) in [6.07, 6.45) is 3.03. The van der Waals surface area contributed by atoms with Crippen molar-refractivity contribution < 1.29 is 4.79 Å². The Bertz CT molecular complexity index is 154. The molecule has 0 aromatic carbocycles. The number of amides is 1. The van der Waals surface area contributed by atoms with Crippen LogP contribution in [0.3, 0.4) is 0 Å². The van der Waals surface area contributed by atoms with E-state index in [0.29, 0.717) is 12.5 Å². The lowest BCUT2D eigenvalue weighted by Crippen LogP contribution is -2.38. The quantitative estimate of drug-likeness (QED) is 0.353. The second kappa shape index (κ2) is 4.42. The zero-order valence-corrected chi connectivity index (χ0v) is 7.55. The first-order valence-corrected chi connectivity index (χ1v) is 4.47. The smallest absolute Gasteiger partial charge is 0.235 e. The maximum atomic E-state index is 10.9. The van der Waals surface area contributed by atoms with Gasteiger partial charge < -0.3 is 4.90 Å². The predicted molar refractivity (Wildman–Crippen MR) is 47.2 cm³/mol. The molecule has 1 unspecified atom stereocenters. The Labute approximate surface area is 73.1 Å². The molecule has 1 amide bonds. The van der Waals surface area contributed by atoms with Gasteiger partial charge in [-0.2, -0.15) is 0 Å². The molecule has 4 nitrogen and oxygen atoms in total. The Morgan fingerprint density at radius 2 is 2.17 bits per heavy atom. The van der Waals surface area contributed by atoms with E-state index in [1.54, 1.807) is 0 Å². The lowest BCUT2D eigenvalue weighted by atomic mass is 10.2. The van der Waals surface area contributed by atoms with E-state index in [-0.39, 0.29) is 5.91 Å². The third-order valence-corrected chi connectivity index (χ3v) is 2.41. The Balaban J connectivity index is 2.26. The number of nitrogens with zero attached hydrogens (tertiary/aromatic N) is 1. The Morgan fingerprint density at radius 1 is 1.58 bits per heavy atom. The largest absolute Gasteiger partial charge is 0.300 e. The van der Waals surface area contributed by atoms with Crippen LogP contribution >= 0.6 is 0 Å². The van der Waals surface area contributed by atoms with Crippen molar-refractivity contribution in [3.63, 3.8) is 0 Å². The molecule has 4 heteroatoms. The van der Waals surface area contributed by atoms with Gasteiger partial charge in [0.1, 0.15) is 0 Å². The highest BCUT2D eigenvalue weighted by molar-refractivity contribution is 5.75. The number of hydrogen-bond donors (Lipinski definition) is 2. The Morgan fingerprint density at radius 3 is 2.67 bits per heavy atom. The Kier molecular flexibility index (Phi) is 3.49. The van der Waals surface area contributed by atoms with Crippen molar-refractivity contribution in [2.24, 2.45) is 5.84 Å². The summed E-state index contributed by atoms with van der Waals surface area (Å²) >= 11 is 0. The molecule has 0 aliphatic carbocycles. The number of carbonyl (C=O) groups excluding carboxylic acids is 1. The molecule has 1 saturated heterocycles. The fraction of sp³-hybridized carbons (Fsp3) is 0.875. The molecule has 1 atom stereocenters. The molecule has 0 aromatic rings. The number of nitrogens with one attached hydrogen (secondary N) is 1. The Hall–Kier alpha value is -0.610. The number of rotatable bonds is 3. The average Bonchev–Trinajstić information content (AvgIpc) is 2.56. The van der Waals surface area contributed by atoms with E-state index >= 15 is 0 Å². The van der Waals surface area contributed by atoms with Crippen molar-refractivity contribution >= 4 is 5.91 Å². The summed E-state index contributed by atoms with van der Waals surface area (Å²) in [6, 6.07) is 0.330. The molecule has 1 rings (SSSR count). The first-order valence-electron chi connectivity index (χ1n) is 4.47. The average molecular weight is 171 g/mol. The molecular weight excluding hydrogens is 154 g/mol. The van der Waals surface area contributed by atoms with Crippen LogP contribution in [0.25, 0.3) is 0 Å². The van der Waals surface area contributed by atoms with E-state index < -0.39 is 0 Å². The van der Waals surface area contributed by atoms with Gasteiger partial charge in [0.05, 0.1) is 0 Å². The number of hydrogen-bond acceptors (Lipinski definition) is 3. The van der Waals surface area contributed by atoms with Gasteiger partial charge >= 0.3 is 0 Å². The van der Waals surface area contributed by atoms with Crippen molar-refractivity contribution in [1.29, 1.82) is 0 Å². The number of hydrazine groups is 1. The monoisotopic (exact) mass is 171 g/mol. The van der Waals surface area contributed by atoms with Crippen molar-refractivity contribution in [3.05, 3.63) is 0 Å². The van der Waals surface area contributed by atoms with Crippen molar-refractivity contribution in [1.82, 2.24) is 10.3 Å². The zero-order chi connectivity index (χ0) is 8.97. The molecule has 1 aliphatic heterocycles. The van der Waals surface area contributed by atoms with Gasteiger partial charge in [-0.3, -0.25) is 10.2 Å². The molecule has 0 bridgehead atoms. The second-order valence-electron chi connectivity index (χ2n) is 3.36. The predicted octanol–water partition coefficient (Wildman–Crippen LogP) is -0.149. The molecular formula is C8H17N3O. The molecule has 0 aromatic heterocycles. The number of nitrogens with two attached hydrogens (primary N) is 1. The van der Waals surface area contributed by atoms with Crippen LogP contribution in [-0.4, -0.2) is 29.9 Å². The standard InChI is InChI=1S/C8H17N3O/c1-7(6-8(12)10-9)11-4-2-3-5-11/h7H,2-6,9H2,1H3,(H,10,12). The molecule has 0 spiro atoms. The number of likely N-dealkylation sites (tertiary alicyclic amines) is 1. The molecule has 1 aliphatic rings. The van der Waals surface area contributed by atoms with Crippen LogP contribution in [0.5, 0.6) is 0 Å². The van der Waals surface area contributed by atoms with Crippen LogP contribution in [0, 0.1) is 0 Å². The minimum absolute atomic E-state index is 0.0746. The lowest BCUT2D eigenvalue weighted by Gasteiger charge is -2.22. The normalized spacial score (nSPS) is 20.8. The summed E-state index contributed by atoms with van der Waals surface area (Å²) in [7, 11) is 0. The molecule has 1 fully saturated rings. The highest BCUT2D eigenvalue weighted by Gasteiger charge is 2.19. The van der Waals surface area contributed by atoms with Gasteiger partial charge in [0.15, 0.2) is 0 Å². The van der Waals surface area contributed by atoms with E-state index in [1.165, 1.54) is 12.8 Å². The van der Waals surface area contributed by atoms with Crippen LogP contribution in [0.2, 0.25) is 0 Å². The first kappa shape index (κ1) is 9.48. The van der Waals surface area contributed by atoms with Crippen LogP contribution in [0.4, 0.5) is 0 Å². The van der Waals surface area contributed by atoms with Gasteiger partial charge in [-0.25, -0.2) is 5.84 Å². The second-order valence-corrected chi connectivity index (χ2v) is 3.36. The third kappa shape index (κ3) is 2.46.